The maximum atomic E-state index is 5.33. The van der Waals surface area contributed by atoms with E-state index in [1.54, 1.807) is 0 Å². The average molecular weight is 338 g/mol. The minimum atomic E-state index is 0.633. The lowest BCUT2D eigenvalue weighted by Gasteiger charge is -2.14. The molecule has 3 aromatic rings. The molecular formula is C19H22N4S. The second-order valence-electron chi connectivity index (χ2n) is 6.21. The SMILES string of the molecule is CN(C)c1ccc(-c2[nH]c(=S)[nH]c2-c2ccc(N(C)C)cc2)cc1. The Kier molecular flexibility index (Phi) is 4.44. The van der Waals surface area contributed by atoms with Crippen molar-refractivity contribution in [2.75, 3.05) is 38.0 Å². The fraction of sp³-hybridized carbons (Fsp3) is 0.211. The summed E-state index contributed by atoms with van der Waals surface area (Å²) in [6.45, 7) is 0. The summed E-state index contributed by atoms with van der Waals surface area (Å²) in [6.07, 6.45) is 0. The molecule has 3 rings (SSSR count). The van der Waals surface area contributed by atoms with Crippen LogP contribution in [0.2, 0.25) is 0 Å². The van der Waals surface area contributed by atoms with Crippen LogP contribution in [-0.2, 0) is 0 Å². The van der Waals surface area contributed by atoms with Crippen molar-refractivity contribution in [1.82, 2.24) is 9.97 Å². The zero-order chi connectivity index (χ0) is 17.3. The Morgan fingerprint density at radius 3 is 1.25 bits per heavy atom. The van der Waals surface area contributed by atoms with Crippen LogP contribution in [0, 0.1) is 4.77 Å². The molecule has 24 heavy (non-hydrogen) atoms. The van der Waals surface area contributed by atoms with E-state index in [1.807, 2.05) is 28.2 Å². The Morgan fingerprint density at radius 2 is 0.958 bits per heavy atom. The number of rotatable bonds is 4. The summed E-state index contributed by atoms with van der Waals surface area (Å²) in [4.78, 5) is 10.7. The molecular weight excluding hydrogens is 316 g/mol. The van der Waals surface area contributed by atoms with Gasteiger partial charge in [0.05, 0.1) is 11.4 Å². The lowest BCUT2D eigenvalue weighted by molar-refractivity contribution is 1.13. The van der Waals surface area contributed by atoms with Crippen molar-refractivity contribution in [3.05, 3.63) is 53.3 Å². The van der Waals surface area contributed by atoms with Gasteiger partial charge in [-0.2, -0.15) is 0 Å². The van der Waals surface area contributed by atoms with Gasteiger partial charge in [0.2, 0.25) is 0 Å². The Morgan fingerprint density at radius 1 is 0.625 bits per heavy atom. The molecule has 5 heteroatoms. The second-order valence-corrected chi connectivity index (χ2v) is 6.62. The number of benzene rings is 2. The van der Waals surface area contributed by atoms with Crippen molar-refractivity contribution in [1.29, 1.82) is 0 Å². The monoisotopic (exact) mass is 338 g/mol. The van der Waals surface area contributed by atoms with E-state index in [-0.39, 0.29) is 0 Å². The highest BCUT2D eigenvalue weighted by molar-refractivity contribution is 7.71. The topological polar surface area (TPSA) is 38.1 Å². The zero-order valence-electron chi connectivity index (χ0n) is 14.4. The van der Waals surface area contributed by atoms with Crippen molar-refractivity contribution in [3.63, 3.8) is 0 Å². The number of hydrogen-bond acceptors (Lipinski definition) is 3. The molecule has 0 saturated carbocycles. The van der Waals surface area contributed by atoms with Gasteiger partial charge in [0, 0.05) is 50.7 Å². The van der Waals surface area contributed by atoms with Crippen LogP contribution in [-0.4, -0.2) is 38.2 Å². The molecule has 0 spiro atoms. The first-order valence-electron chi connectivity index (χ1n) is 7.83. The summed E-state index contributed by atoms with van der Waals surface area (Å²) in [5.41, 5.74) is 6.60. The first-order valence-corrected chi connectivity index (χ1v) is 8.24. The fourth-order valence-corrected chi connectivity index (χ4v) is 2.87. The molecule has 0 amide bonds. The molecule has 0 aliphatic heterocycles. The molecule has 1 heterocycles. The number of aromatic nitrogens is 2. The number of aromatic amines is 2. The molecule has 0 unspecified atom stereocenters. The zero-order valence-corrected chi connectivity index (χ0v) is 15.2. The highest BCUT2D eigenvalue weighted by Crippen LogP contribution is 2.31. The van der Waals surface area contributed by atoms with E-state index in [9.17, 15) is 0 Å². The van der Waals surface area contributed by atoms with E-state index in [0.717, 1.165) is 22.5 Å². The van der Waals surface area contributed by atoms with Crippen LogP contribution in [0.15, 0.2) is 48.5 Å². The minimum Gasteiger partial charge on any atom is -0.378 e. The molecule has 2 aromatic carbocycles. The molecule has 124 valence electrons. The normalized spacial score (nSPS) is 10.7. The van der Waals surface area contributed by atoms with Gasteiger partial charge in [-0.15, -0.1) is 0 Å². The first kappa shape index (κ1) is 16.3. The Hall–Kier alpha value is -2.53. The van der Waals surface area contributed by atoms with Crippen LogP contribution in [0.4, 0.5) is 11.4 Å². The molecule has 0 bridgehead atoms. The smallest absolute Gasteiger partial charge is 0.175 e. The van der Waals surface area contributed by atoms with Gasteiger partial charge in [0.15, 0.2) is 4.77 Å². The maximum absolute atomic E-state index is 5.33. The largest absolute Gasteiger partial charge is 0.378 e. The Labute approximate surface area is 147 Å². The number of imidazole rings is 1. The van der Waals surface area contributed by atoms with Crippen LogP contribution in [0.3, 0.4) is 0 Å². The molecule has 0 aliphatic rings. The Bertz CT molecular complexity index is 799. The highest BCUT2D eigenvalue weighted by Gasteiger charge is 2.11. The number of nitrogens with zero attached hydrogens (tertiary/aromatic N) is 2. The molecule has 0 fully saturated rings. The standard InChI is InChI=1S/C19H22N4S/c1-22(2)15-9-5-13(6-10-15)17-18(21-19(24)20-17)14-7-11-16(12-8-14)23(3)4/h5-12H,1-4H3,(H2,20,21,24). The van der Waals surface area contributed by atoms with Crippen LogP contribution < -0.4 is 9.80 Å². The summed E-state index contributed by atoms with van der Waals surface area (Å²) in [7, 11) is 8.15. The summed E-state index contributed by atoms with van der Waals surface area (Å²) in [5, 5.41) is 0. The van der Waals surface area contributed by atoms with E-state index in [1.165, 1.54) is 11.4 Å². The number of anilines is 2. The summed E-state index contributed by atoms with van der Waals surface area (Å²) in [6, 6.07) is 16.9. The number of H-pyrrole nitrogens is 2. The number of hydrogen-bond donors (Lipinski definition) is 2. The third kappa shape index (κ3) is 3.21. The molecule has 0 radical (unpaired) electrons. The maximum Gasteiger partial charge on any atom is 0.175 e. The summed E-state index contributed by atoms with van der Waals surface area (Å²) >= 11 is 5.33. The van der Waals surface area contributed by atoms with Crippen LogP contribution in [0.5, 0.6) is 0 Å². The lowest BCUT2D eigenvalue weighted by atomic mass is 10.0. The van der Waals surface area contributed by atoms with Crippen LogP contribution in [0.25, 0.3) is 22.5 Å². The van der Waals surface area contributed by atoms with Gasteiger partial charge in [-0.05, 0) is 36.5 Å². The molecule has 0 saturated heterocycles. The van der Waals surface area contributed by atoms with Gasteiger partial charge in [-0.1, -0.05) is 24.3 Å². The lowest BCUT2D eigenvalue weighted by Crippen LogP contribution is -2.08. The van der Waals surface area contributed by atoms with Gasteiger partial charge in [-0.3, -0.25) is 0 Å². The third-order valence-corrected chi connectivity index (χ3v) is 4.28. The van der Waals surface area contributed by atoms with Gasteiger partial charge in [-0.25, -0.2) is 0 Å². The second kappa shape index (κ2) is 6.53. The average Bonchev–Trinajstić information content (AvgIpc) is 2.97. The summed E-state index contributed by atoms with van der Waals surface area (Å²) in [5.74, 6) is 0. The van der Waals surface area contributed by atoms with Crippen molar-refractivity contribution in [3.8, 4) is 22.5 Å². The van der Waals surface area contributed by atoms with E-state index >= 15 is 0 Å². The van der Waals surface area contributed by atoms with Crippen molar-refractivity contribution in [2.45, 2.75) is 0 Å². The van der Waals surface area contributed by atoms with Crippen molar-refractivity contribution >= 4 is 23.6 Å². The minimum absolute atomic E-state index is 0.633. The summed E-state index contributed by atoms with van der Waals surface area (Å²) < 4.78 is 0.633. The van der Waals surface area contributed by atoms with E-state index in [0.29, 0.717) is 4.77 Å². The van der Waals surface area contributed by atoms with Gasteiger partial charge in [0.25, 0.3) is 0 Å². The first-order chi connectivity index (χ1) is 11.5. The van der Waals surface area contributed by atoms with Gasteiger partial charge < -0.3 is 19.8 Å². The van der Waals surface area contributed by atoms with E-state index < -0.39 is 0 Å². The van der Waals surface area contributed by atoms with E-state index in [4.69, 9.17) is 12.2 Å². The number of nitrogens with one attached hydrogen (secondary N) is 2. The van der Waals surface area contributed by atoms with Crippen LogP contribution >= 0.6 is 12.2 Å². The predicted octanol–water partition coefficient (Wildman–Crippen LogP) is 4.54. The van der Waals surface area contributed by atoms with Gasteiger partial charge in [0.1, 0.15) is 0 Å². The molecule has 0 aliphatic carbocycles. The fourth-order valence-electron chi connectivity index (χ4n) is 2.67. The molecule has 4 nitrogen and oxygen atoms in total. The van der Waals surface area contributed by atoms with Crippen molar-refractivity contribution < 1.29 is 0 Å². The van der Waals surface area contributed by atoms with Crippen molar-refractivity contribution in [2.24, 2.45) is 0 Å². The van der Waals surface area contributed by atoms with Crippen LogP contribution in [0.1, 0.15) is 0 Å². The molecule has 0 atom stereocenters. The predicted molar refractivity (Wildman–Crippen MR) is 106 cm³/mol. The van der Waals surface area contributed by atoms with E-state index in [2.05, 4.69) is 68.3 Å². The highest BCUT2D eigenvalue weighted by atomic mass is 32.1. The third-order valence-electron chi connectivity index (χ3n) is 4.07. The quantitative estimate of drug-likeness (QED) is 0.686. The Balaban J connectivity index is 2.03. The molecule has 1 aromatic heterocycles. The molecule has 2 N–H and O–H groups in total. The van der Waals surface area contributed by atoms with Gasteiger partial charge >= 0.3 is 0 Å².